The minimum Gasteiger partial charge on any atom is -0.497 e. The van der Waals surface area contributed by atoms with Gasteiger partial charge in [-0.25, -0.2) is 0 Å². The first-order valence-electron chi connectivity index (χ1n) is 6.25. The molecule has 0 atom stereocenters. The van der Waals surface area contributed by atoms with Crippen molar-refractivity contribution in [2.45, 2.75) is 13.8 Å². The molecule has 0 aliphatic heterocycles. The summed E-state index contributed by atoms with van der Waals surface area (Å²) in [5.41, 5.74) is 2.53. The van der Waals surface area contributed by atoms with E-state index in [1.165, 1.54) is 20.9 Å². The Morgan fingerprint density at radius 3 is 2.26 bits per heavy atom. The molecule has 0 saturated heterocycles. The normalized spacial score (nSPS) is 11.5. The fourth-order valence-electron chi connectivity index (χ4n) is 1.72. The van der Waals surface area contributed by atoms with E-state index in [0.717, 1.165) is 5.75 Å². The van der Waals surface area contributed by atoms with E-state index in [1.54, 1.807) is 7.11 Å². The standard InChI is InChI=1S/C17H18OS/c1-13-12-17(19-14(13)2)7-5-4-6-15-8-10-16(18-3)11-9-15/h4-12H,1-3H3/b6-4+,7-5+. The zero-order valence-electron chi connectivity index (χ0n) is 11.5. The Bertz CT molecular complexity index is 569. The van der Waals surface area contributed by atoms with Gasteiger partial charge in [-0.05, 0) is 49.2 Å². The van der Waals surface area contributed by atoms with Gasteiger partial charge in [0.25, 0.3) is 0 Å². The molecular formula is C17H18OS. The second kappa shape index (κ2) is 6.39. The van der Waals surface area contributed by atoms with Gasteiger partial charge in [-0.15, -0.1) is 11.3 Å². The Morgan fingerprint density at radius 2 is 1.68 bits per heavy atom. The Kier molecular flexibility index (Phi) is 4.58. The molecule has 2 aromatic rings. The number of aryl methyl sites for hydroxylation is 2. The Morgan fingerprint density at radius 1 is 1.00 bits per heavy atom. The fraction of sp³-hybridized carbons (Fsp3) is 0.176. The first-order chi connectivity index (χ1) is 9.19. The average Bonchev–Trinajstić information content (AvgIpc) is 2.74. The summed E-state index contributed by atoms with van der Waals surface area (Å²) in [6.45, 7) is 4.31. The van der Waals surface area contributed by atoms with Crippen molar-refractivity contribution in [2.75, 3.05) is 7.11 Å². The van der Waals surface area contributed by atoms with Crippen LogP contribution >= 0.6 is 11.3 Å². The quantitative estimate of drug-likeness (QED) is 0.702. The van der Waals surface area contributed by atoms with Crippen molar-refractivity contribution in [3.8, 4) is 5.75 Å². The summed E-state index contributed by atoms with van der Waals surface area (Å²) in [5, 5.41) is 0. The van der Waals surface area contributed by atoms with Crippen molar-refractivity contribution < 1.29 is 4.74 Å². The SMILES string of the molecule is COc1ccc(/C=C/C=C/c2cc(C)c(C)s2)cc1. The van der Waals surface area contributed by atoms with Gasteiger partial charge in [0.15, 0.2) is 0 Å². The summed E-state index contributed by atoms with van der Waals surface area (Å²) in [7, 11) is 1.68. The summed E-state index contributed by atoms with van der Waals surface area (Å²) < 4.78 is 5.13. The molecule has 0 aliphatic rings. The third-order valence-electron chi connectivity index (χ3n) is 2.96. The Balaban J connectivity index is 1.98. The van der Waals surface area contributed by atoms with Gasteiger partial charge in [-0.1, -0.05) is 30.4 Å². The molecule has 2 heteroatoms. The van der Waals surface area contributed by atoms with E-state index in [9.17, 15) is 0 Å². The van der Waals surface area contributed by atoms with E-state index >= 15 is 0 Å². The molecule has 0 unspecified atom stereocenters. The lowest BCUT2D eigenvalue weighted by Crippen LogP contribution is -1.81. The van der Waals surface area contributed by atoms with Crippen molar-refractivity contribution in [1.29, 1.82) is 0 Å². The van der Waals surface area contributed by atoms with Crippen molar-refractivity contribution in [2.24, 2.45) is 0 Å². The zero-order valence-corrected chi connectivity index (χ0v) is 12.3. The maximum absolute atomic E-state index is 5.13. The van der Waals surface area contributed by atoms with Gasteiger partial charge in [-0.2, -0.15) is 0 Å². The average molecular weight is 270 g/mol. The molecule has 0 aliphatic carbocycles. The molecule has 0 N–H and O–H groups in total. The van der Waals surface area contributed by atoms with Crippen molar-refractivity contribution in [3.05, 3.63) is 63.4 Å². The van der Waals surface area contributed by atoms with Crippen molar-refractivity contribution in [1.82, 2.24) is 0 Å². The summed E-state index contributed by atoms with van der Waals surface area (Å²) in [5.74, 6) is 0.886. The van der Waals surface area contributed by atoms with E-state index in [1.807, 2.05) is 35.6 Å². The molecule has 0 saturated carbocycles. The molecule has 0 amide bonds. The smallest absolute Gasteiger partial charge is 0.118 e. The molecule has 0 spiro atoms. The van der Waals surface area contributed by atoms with E-state index < -0.39 is 0 Å². The number of ether oxygens (including phenoxy) is 1. The number of methoxy groups -OCH3 is 1. The number of allylic oxidation sites excluding steroid dienone is 2. The maximum Gasteiger partial charge on any atom is 0.118 e. The van der Waals surface area contributed by atoms with Gasteiger partial charge in [0.05, 0.1) is 7.11 Å². The highest BCUT2D eigenvalue weighted by Gasteiger charge is 1.96. The van der Waals surface area contributed by atoms with Crippen molar-refractivity contribution in [3.63, 3.8) is 0 Å². The predicted octanol–water partition coefficient (Wildman–Crippen LogP) is 5.10. The number of hydrogen-bond donors (Lipinski definition) is 0. The molecule has 1 aromatic heterocycles. The van der Waals surface area contributed by atoms with Crippen LogP contribution in [0.4, 0.5) is 0 Å². The van der Waals surface area contributed by atoms with E-state index in [0.29, 0.717) is 0 Å². The van der Waals surface area contributed by atoms with Crippen LogP contribution < -0.4 is 4.74 Å². The lowest BCUT2D eigenvalue weighted by atomic mass is 10.2. The topological polar surface area (TPSA) is 9.23 Å². The van der Waals surface area contributed by atoms with Crippen LogP contribution in [0.3, 0.4) is 0 Å². The van der Waals surface area contributed by atoms with Gasteiger partial charge in [0.2, 0.25) is 0 Å². The number of thiophene rings is 1. The predicted molar refractivity (Wildman–Crippen MR) is 84.9 cm³/mol. The van der Waals surface area contributed by atoms with Crippen LogP contribution in [0.15, 0.2) is 42.5 Å². The number of rotatable bonds is 4. The van der Waals surface area contributed by atoms with E-state index in [2.05, 4.69) is 44.2 Å². The van der Waals surface area contributed by atoms with Gasteiger partial charge < -0.3 is 4.74 Å². The fourth-order valence-corrected chi connectivity index (χ4v) is 2.67. The maximum atomic E-state index is 5.13. The van der Waals surface area contributed by atoms with E-state index in [-0.39, 0.29) is 0 Å². The number of benzene rings is 1. The van der Waals surface area contributed by atoms with Gasteiger partial charge >= 0.3 is 0 Å². The first-order valence-corrected chi connectivity index (χ1v) is 7.06. The van der Waals surface area contributed by atoms with Crippen LogP contribution in [0.25, 0.3) is 12.2 Å². The Hall–Kier alpha value is -1.80. The van der Waals surface area contributed by atoms with Crippen LogP contribution in [0.2, 0.25) is 0 Å². The van der Waals surface area contributed by atoms with Crippen LogP contribution in [0.1, 0.15) is 20.9 Å². The minimum absolute atomic E-state index is 0.886. The second-order valence-corrected chi connectivity index (χ2v) is 5.67. The van der Waals surface area contributed by atoms with Crippen LogP contribution in [-0.4, -0.2) is 7.11 Å². The molecule has 2 rings (SSSR count). The summed E-state index contributed by atoms with van der Waals surface area (Å²) in [6.07, 6.45) is 8.37. The highest BCUT2D eigenvalue weighted by atomic mass is 32.1. The lowest BCUT2D eigenvalue weighted by molar-refractivity contribution is 0.415. The molecule has 0 fully saturated rings. The van der Waals surface area contributed by atoms with Crippen molar-refractivity contribution >= 4 is 23.5 Å². The molecule has 0 bridgehead atoms. The molecule has 1 heterocycles. The van der Waals surface area contributed by atoms with Gasteiger partial charge in [0.1, 0.15) is 5.75 Å². The third-order valence-corrected chi connectivity index (χ3v) is 4.08. The lowest BCUT2D eigenvalue weighted by Gasteiger charge is -1.98. The zero-order chi connectivity index (χ0) is 13.7. The third kappa shape index (κ3) is 3.83. The summed E-state index contributed by atoms with van der Waals surface area (Å²) in [6, 6.07) is 10.2. The van der Waals surface area contributed by atoms with Crippen LogP contribution in [0.5, 0.6) is 5.75 Å². The summed E-state index contributed by atoms with van der Waals surface area (Å²) >= 11 is 1.83. The minimum atomic E-state index is 0.886. The van der Waals surface area contributed by atoms with Gasteiger partial charge in [-0.3, -0.25) is 0 Å². The highest BCUT2D eigenvalue weighted by Crippen LogP contribution is 2.21. The first kappa shape index (κ1) is 13.6. The molecule has 98 valence electrons. The molecule has 19 heavy (non-hydrogen) atoms. The largest absolute Gasteiger partial charge is 0.497 e. The molecule has 0 radical (unpaired) electrons. The second-order valence-electron chi connectivity index (χ2n) is 4.38. The molecule has 1 nitrogen and oxygen atoms in total. The van der Waals surface area contributed by atoms with Crippen LogP contribution in [-0.2, 0) is 0 Å². The Labute approximate surface area is 118 Å². The number of hydrogen-bond acceptors (Lipinski definition) is 2. The summed E-state index contributed by atoms with van der Waals surface area (Å²) in [4.78, 5) is 2.69. The van der Waals surface area contributed by atoms with Gasteiger partial charge in [0, 0.05) is 9.75 Å². The van der Waals surface area contributed by atoms with E-state index in [4.69, 9.17) is 4.74 Å². The monoisotopic (exact) mass is 270 g/mol. The molecule has 1 aromatic carbocycles. The highest BCUT2D eigenvalue weighted by molar-refractivity contribution is 7.13. The van der Waals surface area contributed by atoms with Crippen LogP contribution in [0, 0.1) is 13.8 Å². The molecular weight excluding hydrogens is 252 g/mol.